The van der Waals surface area contributed by atoms with Crippen molar-refractivity contribution in [2.75, 3.05) is 0 Å². The summed E-state index contributed by atoms with van der Waals surface area (Å²) in [6.45, 7) is 7.53. The maximum atomic E-state index is 13.3. The molecule has 0 aromatic rings. The van der Waals surface area contributed by atoms with Crippen LogP contribution in [0.2, 0.25) is 0 Å². The largest absolute Gasteiger partial charge is 0.390 e. The molecule has 2 rings (SSSR count). The summed E-state index contributed by atoms with van der Waals surface area (Å²) in [4.78, 5) is 12.5. The average Bonchev–Trinajstić information content (AvgIpc) is 2.65. The Morgan fingerprint density at radius 2 is 2.33 bits per heavy atom. The van der Waals surface area contributed by atoms with Crippen LogP contribution in [0.25, 0.3) is 0 Å². The van der Waals surface area contributed by atoms with Crippen LogP contribution in [0.3, 0.4) is 0 Å². The molecule has 6 heteroatoms. The summed E-state index contributed by atoms with van der Waals surface area (Å²) in [6, 6.07) is 0. The van der Waals surface area contributed by atoms with Crippen molar-refractivity contribution in [3.63, 3.8) is 0 Å². The molecule has 2 N–H and O–H groups in total. The number of aliphatic hydroxyl groups is 1. The summed E-state index contributed by atoms with van der Waals surface area (Å²) >= 11 is 0. The highest BCUT2D eigenvalue weighted by atomic mass is 19.1. The highest BCUT2D eigenvalue weighted by Gasteiger charge is 2.40. The highest BCUT2D eigenvalue weighted by molar-refractivity contribution is 5.93. The van der Waals surface area contributed by atoms with Gasteiger partial charge in [-0.1, -0.05) is 20.4 Å². The molecule has 2 heterocycles. The lowest BCUT2D eigenvalue weighted by Gasteiger charge is -2.31. The number of ether oxygens (including phenoxy) is 1. The summed E-state index contributed by atoms with van der Waals surface area (Å²) in [6.07, 6.45) is 0.00278. The van der Waals surface area contributed by atoms with Crippen molar-refractivity contribution >= 4 is 5.91 Å². The number of hydrogen-bond acceptors (Lipinski definition) is 4. The van der Waals surface area contributed by atoms with Crippen LogP contribution >= 0.6 is 0 Å². The van der Waals surface area contributed by atoms with E-state index < -0.39 is 24.1 Å². The van der Waals surface area contributed by atoms with Gasteiger partial charge in [-0.3, -0.25) is 4.79 Å². The molecule has 5 nitrogen and oxygen atoms in total. The second kappa shape index (κ2) is 4.70. The van der Waals surface area contributed by atoms with Crippen molar-refractivity contribution in [2.45, 2.75) is 38.7 Å². The van der Waals surface area contributed by atoms with E-state index in [9.17, 15) is 14.3 Å². The van der Waals surface area contributed by atoms with Crippen molar-refractivity contribution in [2.24, 2.45) is 5.92 Å². The van der Waals surface area contributed by atoms with E-state index >= 15 is 0 Å². The van der Waals surface area contributed by atoms with Crippen molar-refractivity contribution in [3.05, 3.63) is 24.4 Å². The molecule has 0 saturated carbocycles. The van der Waals surface area contributed by atoms with Gasteiger partial charge in [0, 0.05) is 12.6 Å². The lowest BCUT2D eigenvalue weighted by Crippen LogP contribution is -2.42. The van der Waals surface area contributed by atoms with Gasteiger partial charge in [0.25, 0.3) is 5.91 Å². The third-order valence-electron chi connectivity index (χ3n) is 3.14. The van der Waals surface area contributed by atoms with E-state index in [2.05, 4.69) is 11.9 Å². The van der Waals surface area contributed by atoms with Crippen molar-refractivity contribution in [1.29, 1.82) is 0 Å². The van der Waals surface area contributed by atoms with Crippen LogP contribution in [0.1, 0.15) is 20.3 Å². The number of nitrogens with zero attached hydrogens (tertiary/aromatic N) is 1. The first-order valence-corrected chi connectivity index (χ1v) is 5.89. The number of carbonyl (C=O) groups excluding carboxylic acids is 1. The first-order valence-electron chi connectivity index (χ1n) is 5.89. The zero-order valence-corrected chi connectivity index (χ0v) is 10.4. The Labute approximate surface area is 105 Å². The molecule has 1 amide bonds. The van der Waals surface area contributed by atoms with E-state index in [1.807, 2.05) is 13.8 Å². The highest BCUT2D eigenvalue weighted by Crippen LogP contribution is 2.30. The Kier molecular flexibility index (Phi) is 3.41. The van der Waals surface area contributed by atoms with E-state index in [4.69, 9.17) is 4.74 Å². The Balaban J connectivity index is 2.14. The number of amides is 1. The molecule has 0 aromatic heterocycles. The van der Waals surface area contributed by atoms with Crippen LogP contribution in [-0.2, 0) is 9.53 Å². The molecule has 0 unspecified atom stereocenters. The average molecular weight is 256 g/mol. The summed E-state index contributed by atoms with van der Waals surface area (Å²) < 4.78 is 18.9. The molecule has 100 valence electrons. The summed E-state index contributed by atoms with van der Waals surface area (Å²) in [5.41, 5.74) is 0. The molecule has 0 spiro atoms. The second-order valence-corrected chi connectivity index (χ2v) is 4.89. The number of carbonyl (C=O) groups is 1. The predicted molar refractivity (Wildman–Crippen MR) is 62.4 cm³/mol. The quantitative estimate of drug-likeness (QED) is 0.768. The number of aliphatic hydroxyl groups excluding tert-OH is 1. The van der Waals surface area contributed by atoms with Crippen LogP contribution in [0.15, 0.2) is 24.4 Å². The van der Waals surface area contributed by atoms with E-state index in [0.29, 0.717) is 6.42 Å². The molecular weight excluding hydrogens is 239 g/mol. The molecular formula is C12H17FN2O3. The van der Waals surface area contributed by atoms with Gasteiger partial charge in [0.1, 0.15) is 12.0 Å². The van der Waals surface area contributed by atoms with Gasteiger partial charge < -0.3 is 20.1 Å². The van der Waals surface area contributed by atoms with Crippen LogP contribution in [0.5, 0.6) is 0 Å². The SMILES string of the molecule is C=C1NC(=O)C(F)=CN1[C@H]1C[C@@H](O)[C@@H](C(C)C)O1. The minimum atomic E-state index is -0.895. The van der Waals surface area contributed by atoms with Gasteiger partial charge >= 0.3 is 0 Å². The first kappa shape index (κ1) is 13.0. The minimum absolute atomic E-state index is 0.159. The predicted octanol–water partition coefficient (Wildman–Crippen LogP) is 0.832. The van der Waals surface area contributed by atoms with Gasteiger partial charge in [-0.05, 0) is 5.92 Å². The van der Waals surface area contributed by atoms with Crippen molar-refractivity contribution in [1.82, 2.24) is 10.2 Å². The fourth-order valence-electron chi connectivity index (χ4n) is 2.22. The van der Waals surface area contributed by atoms with E-state index in [0.717, 1.165) is 6.20 Å². The molecule has 0 aliphatic carbocycles. The van der Waals surface area contributed by atoms with Gasteiger partial charge in [-0.15, -0.1) is 0 Å². The fourth-order valence-corrected chi connectivity index (χ4v) is 2.22. The van der Waals surface area contributed by atoms with E-state index in [-0.39, 0.29) is 17.8 Å². The molecule has 2 aliphatic heterocycles. The van der Waals surface area contributed by atoms with Crippen LogP contribution < -0.4 is 5.32 Å². The van der Waals surface area contributed by atoms with Crippen LogP contribution in [-0.4, -0.2) is 34.3 Å². The second-order valence-electron chi connectivity index (χ2n) is 4.89. The molecule has 0 bridgehead atoms. The zero-order valence-electron chi connectivity index (χ0n) is 10.4. The third kappa shape index (κ3) is 2.26. The lowest BCUT2D eigenvalue weighted by atomic mass is 10.0. The molecule has 0 aromatic carbocycles. The van der Waals surface area contributed by atoms with Gasteiger partial charge in [0.2, 0.25) is 5.83 Å². The molecule has 18 heavy (non-hydrogen) atoms. The maximum Gasteiger partial charge on any atom is 0.287 e. The molecule has 2 aliphatic rings. The van der Waals surface area contributed by atoms with Gasteiger partial charge in [-0.2, -0.15) is 4.39 Å². The molecule has 1 fully saturated rings. The Bertz CT molecular complexity index is 408. The topological polar surface area (TPSA) is 61.8 Å². The Hall–Kier alpha value is -1.40. The number of rotatable bonds is 2. The summed E-state index contributed by atoms with van der Waals surface area (Å²) in [5.74, 6) is -1.29. The lowest BCUT2D eigenvalue weighted by molar-refractivity contribution is -0.120. The third-order valence-corrected chi connectivity index (χ3v) is 3.14. The Morgan fingerprint density at radius 3 is 2.89 bits per heavy atom. The standard InChI is InChI=1S/C12H17FN2O3/c1-6(2)11-9(16)4-10(18-11)15-5-8(13)12(17)14-7(15)3/h5-6,9-11,16H,3-4H2,1-2H3,(H,14,17)/t9-,10-,11-/m1/s1. The van der Waals surface area contributed by atoms with Gasteiger partial charge in [0.15, 0.2) is 0 Å². The van der Waals surface area contributed by atoms with E-state index in [1.165, 1.54) is 4.90 Å². The normalized spacial score (nSPS) is 32.8. The molecule has 0 radical (unpaired) electrons. The Morgan fingerprint density at radius 1 is 1.67 bits per heavy atom. The number of nitrogens with one attached hydrogen (secondary N) is 1. The number of hydrogen-bond donors (Lipinski definition) is 2. The first-order chi connectivity index (χ1) is 8.40. The van der Waals surface area contributed by atoms with Gasteiger partial charge in [0.05, 0.1) is 12.2 Å². The van der Waals surface area contributed by atoms with Crippen LogP contribution in [0, 0.1) is 5.92 Å². The maximum absolute atomic E-state index is 13.3. The van der Waals surface area contributed by atoms with Crippen molar-refractivity contribution < 1.29 is 19.0 Å². The summed E-state index contributed by atoms with van der Waals surface area (Å²) in [7, 11) is 0. The number of halogens is 1. The fraction of sp³-hybridized carbons (Fsp3) is 0.583. The minimum Gasteiger partial charge on any atom is -0.390 e. The molecule has 1 saturated heterocycles. The monoisotopic (exact) mass is 256 g/mol. The van der Waals surface area contributed by atoms with Gasteiger partial charge in [-0.25, -0.2) is 0 Å². The zero-order chi connectivity index (χ0) is 13.4. The van der Waals surface area contributed by atoms with Crippen molar-refractivity contribution in [3.8, 4) is 0 Å². The molecule has 3 atom stereocenters. The van der Waals surface area contributed by atoms with E-state index in [1.54, 1.807) is 0 Å². The van der Waals surface area contributed by atoms with Crippen LogP contribution in [0.4, 0.5) is 4.39 Å². The smallest absolute Gasteiger partial charge is 0.287 e. The summed E-state index contributed by atoms with van der Waals surface area (Å²) in [5, 5.41) is 12.2.